The van der Waals surface area contributed by atoms with Gasteiger partial charge in [0.25, 0.3) is 0 Å². The maximum absolute atomic E-state index is 13.3. The maximum Gasteiger partial charge on any atom is 0.338 e. The Morgan fingerprint density at radius 3 is 1.75 bits per heavy atom. The average Bonchev–Trinajstić information content (AvgIpc) is 3.09. The molecular weight excluding hydrogens is 748 g/mol. The normalized spacial score (nSPS) is 19.8. The summed E-state index contributed by atoms with van der Waals surface area (Å²) in [5.74, 6) is -6.26. The van der Waals surface area contributed by atoms with Crippen molar-refractivity contribution in [2.45, 2.75) is 91.4 Å². The molecule has 2 aromatic carbocycles. The van der Waals surface area contributed by atoms with Gasteiger partial charge >= 0.3 is 47.8 Å². The number of hydrogen-bond donors (Lipinski definition) is 0. The van der Waals surface area contributed by atoms with Crippen LogP contribution >= 0.6 is 0 Å². The van der Waals surface area contributed by atoms with Crippen LogP contribution in [0, 0.1) is 0 Å². The van der Waals surface area contributed by atoms with Gasteiger partial charge in [0.1, 0.15) is 31.2 Å². The Morgan fingerprint density at radius 1 is 0.625 bits per heavy atom. The Morgan fingerprint density at radius 2 is 1.21 bits per heavy atom. The Kier molecular flexibility index (Phi) is 16.3. The highest BCUT2D eigenvalue weighted by atomic mass is 16.7. The number of rotatable bonds is 16. The number of carbonyl (C=O) groups is 8. The Balaban J connectivity index is 2.09. The first-order chi connectivity index (χ1) is 26.4. The molecule has 0 unspecified atom stereocenters. The first kappa shape index (κ1) is 44.3. The summed E-state index contributed by atoms with van der Waals surface area (Å²) in [6.07, 6.45) is -11.1. The van der Waals surface area contributed by atoms with Gasteiger partial charge in [0.2, 0.25) is 0 Å². The third-order valence-corrected chi connectivity index (χ3v) is 7.39. The van der Waals surface area contributed by atoms with Crippen molar-refractivity contribution in [2.24, 2.45) is 0 Å². The van der Waals surface area contributed by atoms with Crippen LogP contribution in [0.25, 0.3) is 0 Å². The molecule has 56 heavy (non-hydrogen) atoms. The molecule has 0 saturated carbocycles. The topological polar surface area (TPSA) is 238 Å². The number of methoxy groups -OCH3 is 1. The molecule has 1 heterocycles. The minimum absolute atomic E-state index is 0.0242. The summed E-state index contributed by atoms with van der Waals surface area (Å²) in [4.78, 5) is 97.9. The zero-order chi connectivity index (χ0) is 41.7. The molecular formula is C37H42O19. The summed E-state index contributed by atoms with van der Waals surface area (Å²) < 4.78 is 60.6. The zero-order valence-electron chi connectivity index (χ0n) is 31.8. The third kappa shape index (κ3) is 13.3. The van der Waals surface area contributed by atoms with E-state index in [0.717, 1.165) is 34.6 Å². The molecule has 1 aliphatic heterocycles. The van der Waals surface area contributed by atoms with E-state index in [2.05, 4.69) is 0 Å². The summed E-state index contributed by atoms with van der Waals surface area (Å²) in [5.41, 5.74) is 0.188. The summed E-state index contributed by atoms with van der Waals surface area (Å²) in [6.45, 7) is 6.39. The molecule has 2 aromatic rings. The van der Waals surface area contributed by atoms with Crippen molar-refractivity contribution in [1.82, 2.24) is 0 Å². The van der Waals surface area contributed by atoms with E-state index in [1.54, 1.807) is 0 Å². The van der Waals surface area contributed by atoms with Gasteiger partial charge in [-0.2, -0.15) is 0 Å². The van der Waals surface area contributed by atoms with Crippen LogP contribution in [0.15, 0.2) is 42.5 Å². The number of ether oxygens (including phenoxy) is 11. The summed E-state index contributed by atoms with van der Waals surface area (Å²) in [7, 11) is 1.28. The first-order valence-corrected chi connectivity index (χ1v) is 16.8. The second kappa shape index (κ2) is 20.6. The van der Waals surface area contributed by atoms with E-state index in [9.17, 15) is 38.4 Å². The van der Waals surface area contributed by atoms with Gasteiger partial charge in [0, 0.05) is 48.5 Å². The molecule has 3 rings (SSSR count). The fourth-order valence-electron chi connectivity index (χ4n) is 5.37. The van der Waals surface area contributed by atoms with Crippen LogP contribution in [-0.4, -0.2) is 105 Å². The molecule has 1 saturated heterocycles. The summed E-state index contributed by atoms with van der Waals surface area (Å²) in [5, 5.41) is 0. The van der Waals surface area contributed by atoms with Gasteiger partial charge in [-0.25, -0.2) is 4.79 Å². The Hall–Kier alpha value is -6.08. The van der Waals surface area contributed by atoms with Gasteiger partial charge in [-0.15, -0.1) is 0 Å². The molecule has 19 nitrogen and oxygen atoms in total. The SMILES string of the molecule is COc1cc(C(=O)OC[C@H]2O[C@@H](O[C@H](COC(C)=O)[C@H](OC(C)=O)c3ccc(OC(C)=O)cc3)[C@H](OC(C)=O)[C@@H](OC(C)=O)[C@@H]2OC(C)=O)ccc1OC(C)=O. The number of benzene rings is 2. The standard InChI is InChI=1S/C37H42O19/c1-18(38)47-16-30(32(51-21(4)41)25-9-12-27(13-10-25)49-19(2)39)55-37-35(54-24(7)44)34(53-23(6)43)33(52-22(5)42)31(56-37)17-48-36(45)26-11-14-28(50-20(3)40)29(15-26)46-8/h9-15,30-35,37H,16-17H2,1-8H3/t30-,31-,32-,33-,34+,35-,37-/m1/s1. The Bertz CT molecular complexity index is 1770. The van der Waals surface area contributed by atoms with Gasteiger partial charge in [-0.1, -0.05) is 12.1 Å². The highest BCUT2D eigenvalue weighted by Crippen LogP contribution is 2.35. The van der Waals surface area contributed by atoms with E-state index < -0.39 is 104 Å². The van der Waals surface area contributed by atoms with E-state index in [1.807, 2.05) is 0 Å². The molecule has 19 heteroatoms. The van der Waals surface area contributed by atoms with E-state index in [1.165, 1.54) is 63.4 Å². The van der Waals surface area contributed by atoms with Crippen LogP contribution in [0.1, 0.15) is 70.5 Å². The Labute approximate surface area is 320 Å². The fraction of sp³-hybridized carbons (Fsp3) is 0.459. The lowest BCUT2D eigenvalue weighted by molar-refractivity contribution is -0.324. The van der Waals surface area contributed by atoms with Crippen molar-refractivity contribution in [3.63, 3.8) is 0 Å². The smallest absolute Gasteiger partial charge is 0.338 e. The fourth-order valence-corrected chi connectivity index (χ4v) is 5.37. The largest absolute Gasteiger partial charge is 0.493 e. The number of hydrogen-bond acceptors (Lipinski definition) is 19. The highest BCUT2D eigenvalue weighted by molar-refractivity contribution is 5.90. The first-order valence-electron chi connectivity index (χ1n) is 16.8. The van der Waals surface area contributed by atoms with Gasteiger partial charge in [-0.3, -0.25) is 33.6 Å². The quantitative estimate of drug-likeness (QED) is 0.135. The minimum Gasteiger partial charge on any atom is -0.493 e. The summed E-state index contributed by atoms with van der Waals surface area (Å²) in [6, 6.07) is 9.51. The molecule has 0 radical (unpaired) electrons. The van der Waals surface area contributed by atoms with Crippen molar-refractivity contribution in [1.29, 1.82) is 0 Å². The second-order valence-corrected chi connectivity index (χ2v) is 12.0. The molecule has 0 bridgehead atoms. The molecule has 304 valence electrons. The van der Waals surface area contributed by atoms with E-state index >= 15 is 0 Å². The van der Waals surface area contributed by atoms with Gasteiger partial charge in [0.15, 0.2) is 42.2 Å². The molecule has 7 atom stereocenters. The maximum atomic E-state index is 13.3. The second-order valence-electron chi connectivity index (χ2n) is 12.0. The molecule has 0 aromatic heterocycles. The van der Waals surface area contributed by atoms with Crippen molar-refractivity contribution in [3.8, 4) is 17.2 Å². The lowest BCUT2D eigenvalue weighted by Gasteiger charge is -2.45. The van der Waals surface area contributed by atoms with Crippen molar-refractivity contribution >= 4 is 47.8 Å². The lowest BCUT2D eigenvalue weighted by atomic mass is 9.97. The van der Waals surface area contributed by atoms with Crippen molar-refractivity contribution in [2.75, 3.05) is 20.3 Å². The van der Waals surface area contributed by atoms with Crippen LogP contribution in [-0.2, 0) is 71.5 Å². The number of esters is 8. The average molecular weight is 791 g/mol. The number of carbonyl (C=O) groups excluding carboxylic acids is 8. The van der Waals surface area contributed by atoms with Crippen molar-refractivity contribution < 1.29 is 90.5 Å². The predicted octanol–water partition coefficient (Wildman–Crippen LogP) is 2.48. The van der Waals surface area contributed by atoms with Gasteiger partial charge in [-0.05, 0) is 35.9 Å². The monoisotopic (exact) mass is 790 g/mol. The molecule has 0 spiro atoms. The molecule has 1 aliphatic rings. The summed E-state index contributed by atoms with van der Waals surface area (Å²) >= 11 is 0. The van der Waals surface area contributed by atoms with Crippen LogP contribution < -0.4 is 14.2 Å². The van der Waals surface area contributed by atoms with E-state index in [0.29, 0.717) is 0 Å². The molecule has 0 N–H and O–H groups in total. The van der Waals surface area contributed by atoms with Crippen molar-refractivity contribution in [3.05, 3.63) is 53.6 Å². The molecule has 0 amide bonds. The van der Waals surface area contributed by atoms with Gasteiger partial charge < -0.3 is 52.1 Å². The van der Waals surface area contributed by atoms with Crippen LogP contribution in [0.2, 0.25) is 0 Å². The lowest BCUT2D eigenvalue weighted by Crippen LogP contribution is -2.63. The van der Waals surface area contributed by atoms with Crippen LogP contribution in [0.3, 0.4) is 0 Å². The molecule has 0 aliphatic carbocycles. The van der Waals surface area contributed by atoms with E-state index in [4.69, 9.17) is 52.1 Å². The zero-order valence-corrected chi connectivity index (χ0v) is 31.8. The van der Waals surface area contributed by atoms with Crippen LogP contribution in [0.5, 0.6) is 17.2 Å². The third-order valence-electron chi connectivity index (χ3n) is 7.39. The van der Waals surface area contributed by atoms with E-state index in [-0.39, 0.29) is 28.4 Å². The van der Waals surface area contributed by atoms with Gasteiger partial charge in [0.05, 0.1) is 12.7 Å². The van der Waals surface area contributed by atoms with Crippen LogP contribution in [0.4, 0.5) is 0 Å². The molecule has 1 fully saturated rings. The minimum atomic E-state index is -1.79. The predicted molar refractivity (Wildman–Crippen MR) is 184 cm³/mol. The highest BCUT2D eigenvalue weighted by Gasteiger charge is 2.54.